The molecule has 0 amide bonds. The largest absolute Gasteiger partial charge is 0.379 e. The zero-order valence-corrected chi connectivity index (χ0v) is 10.9. The Hall–Kier alpha value is 0.230. The summed E-state index contributed by atoms with van der Waals surface area (Å²) in [5.74, 6) is 0.815. The second-order valence-corrected chi connectivity index (χ2v) is 4.82. The van der Waals surface area contributed by atoms with Crippen LogP contribution >= 0.6 is 12.6 Å². The minimum absolute atomic E-state index is 0.750. The van der Waals surface area contributed by atoms with Crippen molar-refractivity contribution in [2.45, 2.75) is 18.9 Å². The van der Waals surface area contributed by atoms with Gasteiger partial charge in [0.2, 0.25) is 0 Å². The normalized spacial score (nSPS) is 22.8. The van der Waals surface area contributed by atoms with E-state index in [0.29, 0.717) is 0 Å². The van der Waals surface area contributed by atoms with Crippen LogP contribution in [-0.4, -0.2) is 68.5 Å². The van der Waals surface area contributed by atoms with Crippen molar-refractivity contribution in [2.24, 2.45) is 0 Å². The molecule has 15 heavy (non-hydrogen) atoms. The summed E-state index contributed by atoms with van der Waals surface area (Å²) in [6.45, 7) is 5.04. The lowest BCUT2D eigenvalue weighted by Crippen LogP contribution is -2.37. The number of hydrogen-bond acceptors (Lipinski definition) is 4. The number of thiol groups is 1. The Morgan fingerprint density at radius 2 is 2.27 bits per heavy atom. The van der Waals surface area contributed by atoms with Gasteiger partial charge >= 0.3 is 0 Å². The van der Waals surface area contributed by atoms with Crippen molar-refractivity contribution in [1.82, 2.24) is 9.80 Å². The van der Waals surface area contributed by atoms with E-state index in [-0.39, 0.29) is 0 Å². The van der Waals surface area contributed by atoms with Gasteiger partial charge in [-0.1, -0.05) is 0 Å². The fourth-order valence-corrected chi connectivity index (χ4v) is 2.18. The number of rotatable bonds is 7. The van der Waals surface area contributed by atoms with Crippen molar-refractivity contribution in [2.75, 3.05) is 52.7 Å². The van der Waals surface area contributed by atoms with Crippen LogP contribution in [0.5, 0.6) is 0 Å². The van der Waals surface area contributed by atoms with Crippen molar-refractivity contribution in [3.63, 3.8) is 0 Å². The van der Waals surface area contributed by atoms with E-state index in [4.69, 9.17) is 4.74 Å². The molecule has 1 heterocycles. The fourth-order valence-electron chi connectivity index (χ4n) is 2.05. The van der Waals surface area contributed by atoms with Gasteiger partial charge in [-0.2, -0.15) is 12.6 Å². The van der Waals surface area contributed by atoms with Crippen LogP contribution in [-0.2, 0) is 4.74 Å². The molecule has 1 aliphatic rings. The Bertz CT molecular complexity index is 169. The molecule has 0 radical (unpaired) electrons. The summed E-state index contributed by atoms with van der Waals surface area (Å²) in [7, 11) is 4.40. The molecule has 0 aromatic carbocycles. The molecule has 1 aliphatic heterocycles. The second-order valence-electron chi connectivity index (χ2n) is 4.37. The van der Waals surface area contributed by atoms with E-state index in [2.05, 4.69) is 36.5 Å². The summed E-state index contributed by atoms with van der Waals surface area (Å²) >= 11 is 4.11. The standard InChI is InChI=1S/C11H24N2OS/c1-12(6-7-14-8-9-15)10-11-4-3-5-13(11)2/h11,15H,3-10H2,1-2H3. The molecule has 1 saturated heterocycles. The summed E-state index contributed by atoms with van der Waals surface area (Å²) in [6, 6.07) is 0.750. The minimum Gasteiger partial charge on any atom is -0.379 e. The molecular formula is C11H24N2OS. The Labute approximate surface area is 99.2 Å². The molecule has 4 heteroatoms. The average molecular weight is 232 g/mol. The van der Waals surface area contributed by atoms with Crippen LogP contribution < -0.4 is 0 Å². The van der Waals surface area contributed by atoms with E-state index < -0.39 is 0 Å². The molecule has 1 fully saturated rings. The molecule has 0 aromatic rings. The maximum absolute atomic E-state index is 5.41. The van der Waals surface area contributed by atoms with Gasteiger partial charge in [0.1, 0.15) is 0 Å². The van der Waals surface area contributed by atoms with Crippen molar-refractivity contribution in [3.05, 3.63) is 0 Å². The Morgan fingerprint density at radius 3 is 2.87 bits per heavy atom. The van der Waals surface area contributed by atoms with Crippen LogP contribution in [0.15, 0.2) is 0 Å². The smallest absolute Gasteiger partial charge is 0.0593 e. The predicted octanol–water partition coefficient (Wildman–Crippen LogP) is 0.959. The first-order chi connectivity index (χ1) is 7.24. The van der Waals surface area contributed by atoms with Gasteiger partial charge in [-0.25, -0.2) is 0 Å². The summed E-state index contributed by atoms with van der Waals surface area (Å²) < 4.78 is 5.41. The molecule has 0 aliphatic carbocycles. The van der Waals surface area contributed by atoms with Gasteiger partial charge in [-0.3, -0.25) is 0 Å². The van der Waals surface area contributed by atoms with Crippen molar-refractivity contribution in [1.29, 1.82) is 0 Å². The maximum atomic E-state index is 5.41. The van der Waals surface area contributed by atoms with Crippen LogP contribution in [0.3, 0.4) is 0 Å². The Morgan fingerprint density at radius 1 is 1.47 bits per heavy atom. The van der Waals surface area contributed by atoms with Crippen molar-refractivity contribution in [3.8, 4) is 0 Å². The highest BCUT2D eigenvalue weighted by Crippen LogP contribution is 2.15. The van der Waals surface area contributed by atoms with Crippen LogP contribution in [0.25, 0.3) is 0 Å². The van der Waals surface area contributed by atoms with E-state index in [1.54, 1.807) is 0 Å². The summed E-state index contributed by atoms with van der Waals surface area (Å²) in [5, 5.41) is 0. The summed E-state index contributed by atoms with van der Waals surface area (Å²) in [4.78, 5) is 4.83. The summed E-state index contributed by atoms with van der Waals surface area (Å²) in [5.41, 5.74) is 0. The Kier molecular flexibility index (Phi) is 6.64. The van der Waals surface area contributed by atoms with Crippen LogP contribution in [0.2, 0.25) is 0 Å². The number of ether oxygens (including phenoxy) is 1. The molecule has 0 bridgehead atoms. The van der Waals surface area contributed by atoms with Crippen LogP contribution in [0, 0.1) is 0 Å². The number of hydrogen-bond donors (Lipinski definition) is 1. The van der Waals surface area contributed by atoms with Gasteiger partial charge in [0.25, 0.3) is 0 Å². The highest BCUT2D eigenvalue weighted by Gasteiger charge is 2.21. The highest BCUT2D eigenvalue weighted by atomic mass is 32.1. The molecule has 0 saturated carbocycles. The van der Waals surface area contributed by atoms with E-state index in [9.17, 15) is 0 Å². The lowest BCUT2D eigenvalue weighted by atomic mass is 10.2. The average Bonchev–Trinajstić information content (AvgIpc) is 2.59. The third-order valence-electron chi connectivity index (χ3n) is 3.05. The van der Waals surface area contributed by atoms with Crippen LogP contribution in [0.1, 0.15) is 12.8 Å². The molecule has 3 nitrogen and oxygen atoms in total. The topological polar surface area (TPSA) is 15.7 Å². The fraction of sp³-hybridized carbons (Fsp3) is 1.00. The number of nitrogens with zero attached hydrogens (tertiary/aromatic N) is 2. The lowest BCUT2D eigenvalue weighted by molar-refractivity contribution is 0.115. The molecule has 0 N–H and O–H groups in total. The van der Waals surface area contributed by atoms with E-state index in [0.717, 1.165) is 31.6 Å². The van der Waals surface area contributed by atoms with Gasteiger partial charge in [-0.15, -0.1) is 0 Å². The molecule has 1 unspecified atom stereocenters. The molecule has 90 valence electrons. The number of likely N-dealkylation sites (N-methyl/N-ethyl adjacent to an activating group) is 2. The Balaban J connectivity index is 2.04. The first-order valence-electron chi connectivity index (χ1n) is 5.81. The minimum atomic E-state index is 0.750. The molecule has 0 spiro atoms. The number of likely N-dealkylation sites (tertiary alicyclic amines) is 1. The third kappa shape index (κ3) is 5.20. The highest BCUT2D eigenvalue weighted by molar-refractivity contribution is 7.80. The first kappa shape index (κ1) is 13.3. The lowest BCUT2D eigenvalue weighted by Gasteiger charge is -2.25. The molecule has 1 rings (SSSR count). The van der Waals surface area contributed by atoms with E-state index in [1.165, 1.54) is 25.9 Å². The quantitative estimate of drug-likeness (QED) is 0.520. The molecule has 1 atom stereocenters. The summed E-state index contributed by atoms with van der Waals surface area (Å²) in [6.07, 6.45) is 2.70. The predicted molar refractivity (Wildman–Crippen MR) is 67.8 cm³/mol. The SMILES string of the molecule is CN(CCOCCS)CC1CCCN1C. The first-order valence-corrected chi connectivity index (χ1v) is 6.44. The van der Waals surface area contributed by atoms with Gasteiger partial charge in [0.05, 0.1) is 13.2 Å². The van der Waals surface area contributed by atoms with E-state index >= 15 is 0 Å². The zero-order chi connectivity index (χ0) is 11.1. The van der Waals surface area contributed by atoms with Crippen molar-refractivity contribution < 1.29 is 4.74 Å². The zero-order valence-electron chi connectivity index (χ0n) is 9.98. The van der Waals surface area contributed by atoms with Gasteiger partial charge in [0.15, 0.2) is 0 Å². The monoisotopic (exact) mass is 232 g/mol. The molecule has 0 aromatic heterocycles. The van der Waals surface area contributed by atoms with Gasteiger partial charge in [-0.05, 0) is 33.5 Å². The second kappa shape index (κ2) is 7.49. The van der Waals surface area contributed by atoms with E-state index in [1.807, 2.05) is 0 Å². The third-order valence-corrected chi connectivity index (χ3v) is 3.23. The van der Waals surface area contributed by atoms with Gasteiger partial charge in [0, 0.05) is 24.9 Å². The maximum Gasteiger partial charge on any atom is 0.0593 e. The van der Waals surface area contributed by atoms with Gasteiger partial charge < -0.3 is 14.5 Å². The van der Waals surface area contributed by atoms with Crippen molar-refractivity contribution >= 4 is 12.6 Å². The van der Waals surface area contributed by atoms with Crippen LogP contribution in [0.4, 0.5) is 0 Å². The molecular weight excluding hydrogens is 208 g/mol.